The highest BCUT2D eigenvalue weighted by Crippen LogP contribution is 2.60. The van der Waals surface area contributed by atoms with Crippen LogP contribution in [0.2, 0.25) is 0 Å². The molecule has 0 aliphatic heterocycles. The quantitative estimate of drug-likeness (QED) is 0.574. The lowest BCUT2D eigenvalue weighted by atomic mass is 9.52. The minimum absolute atomic E-state index is 0. The van der Waals surface area contributed by atoms with Gasteiger partial charge in [0.05, 0.1) is 0 Å². The molecule has 3 aromatic carbocycles. The predicted molar refractivity (Wildman–Crippen MR) is 115 cm³/mol. The van der Waals surface area contributed by atoms with Gasteiger partial charge in [0.15, 0.2) is 0 Å². The van der Waals surface area contributed by atoms with E-state index < -0.39 is 0 Å². The molecule has 3 aromatic rings. The average molecular weight is 376 g/mol. The first kappa shape index (κ1) is 18.3. The minimum Gasteiger partial charge on any atom is -0.309 e. The van der Waals surface area contributed by atoms with Crippen molar-refractivity contribution in [2.75, 3.05) is 20.6 Å². The summed E-state index contributed by atoms with van der Waals surface area (Å²) in [6, 6.07) is 27.5. The van der Waals surface area contributed by atoms with Crippen LogP contribution in [0.5, 0.6) is 0 Å². The van der Waals surface area contributed by atoms with E-state index in [1.807, 2.05) is 0 Å². The van der Waals surface area contributed by atoms with E-state index >= 15 is 0 Å². The molecule has 2 bridgehead atoms. The Labute approximate surface area is 168 Å². The van der Waals surface area contributed by atoms with Crippen LogP contribution in [0, 0.1) is 0 Å². The van der Waals surface area contributed by atoms with E-state index in [0.717, 1.165) is 13.0 Å². The molecule has 0 saturated heterocycles. The number of rotatable bonds is 4. The molecule has 6 rings (SSSR count). The molecule has 0 N–H and O–H groups in total. The molecule has 0 atom stereocenters. The Hall–Kier alpha value is -2.09. The zero-order chi connectivity index (χ0) is 17.7. The summed E-state index contributed by atoms with van der Waals surface area (Å²) in [6.45, 7) is 1.12. The molecule has 0 unspecified atom stereocenters. The van der Waals surface area contributed by atoms with Crippen LogP contribution in [0.15, 0.2) is 72.8 Å². The van der Waals surface area contributed by atoms with Gasteiger partial charge in [-0.1, -0.05) is 72.8 Å². The molecule has 3 aliphatic carbocycles. The third-order valence-corrected chi connectivity index (χ3v) is 6.35. The zero-order valence-electron chi connectivity index (χ0n) is 16.0. The molecule has 0 radical (unpaired) electrons. The van der Waals surface area contributed by atoms with Crippen LogP contribution in [0.3, 0.4) is 0 Å². The lowest BCUT2D eigenvalue weighted by molar-refractivity contribution is 0.369. The molecule has 0 aromatic heterocycles. The molecular weight excluding hydrogens is 350 g/mol. The summed E-state index contributed by atoms with van der Waals surface area (Å²) in [5.74, 6) is 0.384. The first-order valence-corrected chi connectivity index (χ1v) is 9.66. The van der Waals surface area contributed by atoms with Crippen LogP contribution in [-0.4, -0.2) is 25.5 Å². The zero-order valence-corrected chi connectivity index (χ0v) is 16.8. The van der Waals surface area contributed by atoms with Gasteiger partial charge in [-0.2, -0.15) is 0 Å². The van der Waals surface area contributed by atoms with Gasteiger partial charge < -0.3 is 4.90 Å². The van der Waals surface area contributed by atoms with Crippen molar-refractivity contribution < 1.29 is 0 Å². The van der Waals surface area contributed by atoms with Crippen LogP contribution in [-0.2, 0) is 5.41 Å². The maximum atomic E-state index is 2.38. The van der Waals surface area contributed by atoms with Gasteiger partial charge in [0.1, 0.15) is 0 Å². The number of halogens is 1. The Kier molecular flexibility index (Phi) is 4.61. The largest absolute Gasteiger partial charge is 0.309 e. The number of nitrogens with zero attached hydrogens (tertiary/aromatic N) is 1. The van der Waals surface area contributed by atoms with Gasteiger partial charge in [-0.05, 0) is 66.9 Å². The van der Waals surface area contributed by atoms with E-state index in [1.165, 1.54) is 39.8 Å². The van der Waals surface area contributed by atoms with Crippen molar-refractivity contribution in [3.8, 4) is 0 Å². The Morgan fingerprint density at radius 2 is 1.11 bits per heavy atom. The van der Waals surface area contributed by atoms with E-state index in [0.29, 0.717) is 5.92 Å². The molecule has 0 spiro atoms. The molecular formula is C25H26ClN. The Balaban J connectivity index is 0.00000180. The Morgan fingerprint density at radius 1 is 0.704 bits per heavy atom. The Morgan fingerprint density at radius 3 is 1.52 bits per heavy atom. The molecule has 3 aliphatic rings. The van der Waals surface area contributed by atoms with E-state index in [1.54, 1.807) is 0 Å². The molecule has 2 heteroatoms. The summed E-state index contributed by atoms with van der Waals surface area (Å²) in [4.78, 5) is 2.30. The second-order valence-electron chi connectivity index (χ2n) is 8.01. The first-order valence-electron chi connectivity index (χ1n) is 9.66. The third kappa shape index (κ3) is 2.49. The standard InChI is InChI=1S/C25H25N.ClH/c1-26(2)17-9-16-25-21-13-6-3-10-18(21)24(19-11-4-7-14-22(19)25)20-12-5-8-15-23(20)25;/h3-8,10-15,24H,9,16-17H2,1-2H3;1H. The van der Waals surface area contributed by atoms with Crippen molar-refractivity contribution in [3.05, 3.63) is 106 Å². The van der Waals surface area contributed by atoms with Crippen molar-refractivity contribution in [3.63, 3.8) is 0 Å². The van der Waals surface area contributed by atoms with E-state index in [2.05, 4.69) is 91.8 Å². The summed E-state index contributed by atoms with van der Waals surface area (Å²) in [6.07, 6.45) is 2.34. The number of benzene rings is 3. The number of hydrogen-bond donors (Lipinski definition) is 0. The fraction of sp³-hybridized carbons (Fsp3) is 0.280. The smallest absolute Gasteiger partial charge is 0.0461 e. The van der Waals surface area contributed by atoms with Gasteiger partial charge in [-0.15, -0.1) is 12.4 Å². The lowest BCUT2D eigenvalue weighted by Gasteiger charge is -2.51. The van der Waals surface area contributed by atoms with Gasteiger partial charge in [0, 0.05) is 11.3 Å². The summed E-state index contributed by atoms with van der Waals surface area (Å²) >= 11 is 0. The van der Waals surface area contributed by atoms with Crippen molar-refractivity contribution in [1.82, 2.24) is 4.90 Å². The fourth-order valence-corrected chi connectivity index (χ4v) is 5.41. The van der Waals surface area contributed by atoms with Gasteiger partial charge in [-0.25, -0.2) is 0 Å². The van der Waals surface area contributed by atoms with Crippen molar-refractivity contribution in [1.29, 1.82) is 0 Å². The monoisotopic (exact) mass is 375 g/mol. The van der Waals surface area contributed by atoms with E-state index in [9.17, 15) is 0 Å². The fourth-order valence-electron chi connectivity index (χ4n) is 5.41. The maximum absolute atomic E-state index is 2.38. The predicted octanol–water partition coefficient (Wildman–Crippen LogP) is 5.59. The van der Waals surface area contributed by atoms with Crippen molar-refractivity contribution >= 4 is 12.4 Å². The molecule has 27 heavy (non-hydrogen) atoms. The highest BCUT2D eigenvalue weighted by atomic mass is 35.5. The molecule has 0 amide bonds. The highest BCUT2D eigenvalue weighted by molar-refractivity contribution is 5.85. The highest BCUT2D eigenvalue weighted by Gasteiger charge is 2.50. The van der Waals surface area contributed by atoms with E-state index in [4.69, 9.17) is 0 Å². The average Bonchev–Trinajstić information content (AvgIpc) is 2.68. The summed E-state index contributed by atoms with van der Waals surface area (Å²) < 4.78 is 0. The SMILES string of the molecule is CN(C)CCCC12c3ccccc3C(c3ccccc31)c1ccccc12.Cl. The molecule has 0 saturated carbocycles. The topological polar surface area (TPSA) is 3.24 Å². The van der Waals surface area contributed by atoms with Gasteiger partial charge in [-0.3, -0.25) is 0 Å². The third-order valence-electron chi connectivity index (χ3n) is 6.35. The van der Waals surface area contributed by atoms with Gasteiger partial charge >= 0.3 is 0 Å². The summed E-state index contributed by atoms with van der Waals surface area (Å²) in [5.41, 5.74) is 9.11. The maximum Gasteiger partial charge on any atom is 0.0461 e. The summed E-state index contributed by atoms with van der Waals surface area (Å²) in [5, 5.41) is 0. The van der Waals surface area contributed by atoms with Crippen molar-refractivity contribution in [2.24, 2.45) is 0 Å². The number of hydrogen-bond acceptors (Lipinski definition) is 1. The Bertz CT molecular complexity index is 860. The second kappa shape index (κ2) is 6.82. The molecule has 1 nitrogen and oxygen atoms in total. The molecule has 0 fully saturated rings. The summed E-state index contributed by atoms with van der Waals surface area (Å²) in [7, 11) is 4.34. The van der Waals surface area contributed by atoms with Crippen LogP contribution in [0.4, 0.5) is 0 Å². The van der Waals surface area contributed by atoms with Crippen LogP contribution in [0.1, 0.15) is 52.1 Å². The van der Waals surface area contributed by atoms with Crippen LogP contribution < -0.4 is 0 Å². The second-order valence-corrected chi connectivity index (χ2v) is 8.01. The van der Waals surface area contributed by atoms with Crippen molar-refractivity contribution in [2.45, 2.75) is 24.2 Å². The van der Waals surface area contributed by atoms with Gasteiger partial charge in [0.2, 0.25) is 0 Å². The first-order chi connectivity index (χ1) is 12.7. The normalized spacial score (nSPS) is 21.2. The van der Waals surface area contributed by atoms with Crippen LogP contribution in [0.25, 0.3) is 0 Å². The van der Waals surface area contributed by atoms with Crippen LogP contribution >= 0.6 is 12.4 Å². The van der Waals surface area contributed by atoms with E-state index in [-0.39, 0.29) is 17.8 Å². The lowest BCUT2D eigenvalue weighted by Crippen LogP contribution is -2.42. The minimum atomic E-state index is -0.00542. The molecule has 138 valence electrons. The van der Waals surface area contributed by atoms with Gasteiger partial charge in [0.25, 0.3) is 0 Å². The molecule has 0 heterocycles.